The van der Waals surface area contributed by atoms with Gasteiger partial charge in [0, 0.05) is 26.2 Å². The van der Waals surface area contributed by atoms with Gasteiger partial charge in [-0.05, 0) is 12.1 Å². The number of nitrogens with zero attached hydrogens (tertiary/aromatic N) is 4. The van der Waals surface area contributed by atoms with Crippen LogP contribution in [0.4, 0.5) is 5.82 Å². The molecule has 3 rings (SSSR count). The van der Waals surface area contributed by atoms with Crippen molar-refractivity contribution in [2.75, 3.05) is 50.8 Å². The first-order valence-electron chi connectivity index (χ1n) is 7.33. The second kappa shape index (κ2) is 6.78. The van der Waals surface area contributed by atoms with E-state index in [-0.39, 0.29) is 19.1 Å². The first-order chi connectivity index (χ1) is 10.6. The summed E-state index contributed by atoms with van der Waals surface area (Å²) in [4.78, 5) is 25.7. The molecule has 7 nitrogen and oxygen atoms in total. The summed E-state index contributed by atoms with van der Waals surface area (Å²) in [6, 6.07) is 5.58. The quantitative estimate of drug-likeness (QED) is 0.788. The van der Waals surface area contributed by atoms with Gasteiger partial charge in [0.25, 0.3) is 5.91 Å². The minimum Gasteiger partial charge on any atom is -0.389 e. The molecular weight excluding hydrogens is 308 g/mol. The van der Waals surface area contributed by atoms with E-state index in [1.807, 2.05) is 12.1 Å². The Morgan fingerprint density at radius 1 is 1.36 bits per heavy atom. The first kappa shape index (κ1) is 15.5. The van der Waals surface area contributed by atoms with Gasteiger partial charge in [-0.1, -0.05) is 17.7 Å². The minimum atomic E-state index is -0.574. The van der Waals surface area contributed by atoms with E-state index in [1.165, 1.54) is 5.06 Å². The number of hydrogen-bond donors (Lipinski definition) is 1. The van der Waals surface area contributed by atoms with Crippen LogP contribution in [0.25, 0.3) is 0 Å². The fraction of sp³-hybridized carbons (Fsp3) is 0.571. The SMILES string of the molecule is O=C(CN1CCN(c2cccc(Cl)n2)CC1)N1C[C@@H](O)CO1. The molecule has 0 unspecified atom stereocenters. The molecule has 2 aliphatic heterocycles. The van der Waals surface area contributed by atoms with Crippen molar-refractivity contribution in [3.63, 3.8) is 0 Å². The molecule has 1 N–H and O–H groups in total. The molecule has 3 heterocycles. The van der Waals surface area contributed by atoms with Crippen molar-refractivity contribution in [1.29, 1.82) is 0 Å². The van der Waals surface area contributed by atoms with Crippen molar-refractivity contribution >= 4 is 23.3 Å². The molecule has 22 heavy (non-hydrogen) atoms. The van der Waals surface area contributed by atoms with Crippen molar-refractivity contribution in [3.05, 3.63) is 23.4 Å². The Hall–Kier alpha value is -1.41. The molecule has 1 aromatic rings. The van der Waals surface area contributed by atoms with Crippen LogP contribution in [0.15, 0.2) is 18.2 Å². The zero-order valence-electron chi connectivity index (χ0n) is 12.2. The second-order valence-corrected chi connectivity index (χ2v) is 5.87. The Morgan fingerprint density at radius 3 is 2.77 bits per heavy atom. The number of rotatable bonds is 3. The molecule has 2 saturated heterocycles. The van der Waals surface area contributed by atoms with Gasteiger partial charge >= 0.3 is 0 Å². The highest BCUT2D eigenvalue weighted by Gasteiger charge is 2.28. The summed E-state index contributed by atoms with van der Waals surface area (Å²) in [6.07, 6.45) is -0.574. The van der Waals surface area contributed by atoms with Crippen LogP contribution in [-0.2, 0) is 9.63 Å². The number of amides is 1. The summed E-state index contributed by atoms with van der Waals surface area (Å²) in [5.41, 5.74) is 0. The number of pyridine rings is 1. The normalized spacial score (nSPS) is 23.1. The van der Waals surface area contributed by atoms with Gasteiger partial charge in [0.05, 0.1) is 19.2 Å². The van der Waals surface area contributed by atoms with Crippen LogP contribution < -0.4 is 4.90 Å². The topological polar surface area (TPSA) is 69.1 Å². The van der Waals surface area contributed by atoms with Gasteiger partial charge in [-0.2, -0.15) is 0 Å². The van der Waals surface area contributed by atoms with Crippen molar-refractivity contribution in [2.45, 2.75) is 6.10 Å². The summed E-state index contributed by atoms with van der Waals surface area (Å²) in [7, 11) is 0. The lowest BCUT2D eigenvalue weighted by atomic mass is 10.3. The number of aliphatic hydroxyl groups excluding tert-OH is 1. The Morgan fingerprint density at radius 2 is 2.14 bits per heavy atom. The van der Waals surface area contributed by atoms with Gasteiger partial charge in [-0.25, -0.2) is 10.0 Å². The predicted molar refractivity (Wildman–Crippen MR) is 81.6 cm³/mol. The first-order valence-corrected chi connectivity index (χ1v) is 7.71. The van der Waals surface area contributed by atoms with E-state index in [9.17, 15) is 9.90 Å². The van der Waals surface area contributed by atoms with Gasteiger partial charge in [0.1, 0.15) is 17.6 Å². The number of aliphatic hydroxyl groups is 1. The maximum atomic E-state index is 12.1. The maximum Gasteiger partial charge on any atom is 0.260 e. The van der Waals surface area contributed by atoms with E-state index in [1.54, 1.807) is 6.07 Å². The van der Waals surface area contributed by atoms with Gasteiger partial charge in [-0.15, -0.1) is 0 Å². The smallest absolute Gasteiger partial charge is 0.260 e. The summed E-state index contributed by atoms with van der Waals surface area (Å²) >= 11 is 5.91. The Kier molecular flexibility index (Phi) is 4.77. The standard InChI is InChI=1S/C14H19ClN4O3/c15-12-2-1-3-13(16-12)18-6-4-17(5-7-18)9-14(21)19-8-11(20)10-22-19/h1-3,11,20H,4-10H2/t11-/m1/s1. The molecular formula is C14H19ClN4O3. The molecule has 0 spiro atoms. The molecule has 2 aliphatic rings. The lowest BCUT2D eigenvalue weighted by Crippen LogP contribution is -2.50. The van der Waals surface area contributed by atoms with E-state index < -0.39 is 6.10 Å². The summed E-state index contributed by atoms with van der Waals surface area (Å²) in [5, 5.41) is 11.1. The number of carbonyl (C=O) groups is 1. The van der Waals surface area contributed by atoms with Crippen LogP contribution in [0.1, 0.15) is 0 Å². The van der Waals surface area contributed by atoms with Crippen LogP contribution in [0.2, 0.25) is 5.15 Å². The zero-order chi connectivity index (χ0) is 15.5. The molecule has 1 aromatic heterocycles. The van der Waals surface area contributed by atoms with Crippen LogP contribution in [0.3, 0.4) is 0 Å². The Balaban J connectivity index is 1.48. The highest BCUT2D eigenvalue weighted by molar-refractivity contribution is 6.29. The second-order valence-electron chi connectivity index (χ2n) is 5.49. The number of hydrogen-bond acceptors (Lipinski definition) is 6. The molecule has 120 valence electrons. The average molecular weight is 327 g/mol. The third kappa shape index (κ3) is 3.67. The molecule has 2 fully saturated rings. The fourth-order valence-corrected chi connectivity index (χ4v) is 2.78. The number of aromatic nitrogens is 1. The zero-order valence-corrected chi connectivity index (χ0v) is 12.9. The number of carbonyl (C=O) groups excluding carboxylic acids is 1. The third-order valence-electron chi connectivity index (χ3n) is 3.83. The van der Waals surface area contributed by atoms with E-state index in [0.29, 0.717) is 11.7 Å². The van der Waals surface area contributed by atoms with E-state index >= 15 is 0 Å². The molecule has 0 radical (unpaired) electrons. The molecule has 8 heteroatoms. The lowest BCUT2D eigenvalue weighted by molar-refractivity contribution is -0.169. The largest absolute Gasteiger partial charge is 0.389 e. The molecule has 0 aromatic carbocycles. The number of halogens is 1. The number of hydroxylamine groups is 2. The Bertz CT molecular complexity index is 537. The van der Waals surface area contributed by atoms with E-state index in [2.05, 4.69) is 14.8 Å². The number of anilines is 1. The van der Waals surface area contributed by atoms with Crippen molar-refractivity contribution in [2.24, 2.45) is 0 Å². The lowest BCUT2D eigenvalue weighted by Gasteiger charge is -2.35. The molecule has 0 bridgehead atoms. The third-order valence-corrected chi connectivity index (χ3v) is 4.04. The van der Waals surface area contributed by atoms with Gasteiger partial charge < -0.3 is 10.0 Å². The molecule has 1 atom stereocenters. The summed E-state index contributed by atoms with van der Waals surface area (Å²) < 4.78 is 0. The maximum absolute atomic E-state index is 12.1. The van der Waals surface area contributed by atoms with Gasteiger partial charge in [0.2, 0.25) is 0 Å². The fourth-order valence-electron chi connectivity index (χ4n) is 2.63. The van der Waals surface area contributed by atoms with Gasteiger partial charge in [0.15, 0.2) is 0 Å². The predicted octanol–water partition coefficient (Wildman–Crippen LogP) is -0.00830. The Labute approximate surface area is 134 Å². The van der Waals surface area contributed by atoms with Crippen LogP contribution in [0.5, 0.6) is 0 Å². The molecule has 1 amide bonds. The molecule has 0 saturated carbocycles. The minimum absolute atomic E-state index is 0.106. The highest BCUT2D eigenvalue weighted by Crippen LogP contribution is 2.16. The van der Waals surface area contributed by atoms with E-state index in [4.69, 9.17) is 16.4 Å². The monoisotopic (exact) mass is 326 g/mol. The summed E-state index contributed by atoms with van der Waals surface area (Å²) in [5.74, 6) is 0.760. The van der Waals surface area contributed by atoms with Crippen LogP contribution >= 0.6 is 11.6 Å². The van der Waals surface area contributed by atoms with E-state index in [0.717, 1.165) is 32.0 Å². The van der Waals surface area contributed by atoms with Crippen molar-refractivity contribution < 1.29 is 14.7 Å². The highest BCUT2D eigenvalue weighted by atomic mass is 35.5. The van der Waals surface area contributed by atoms with Gasteiger partial charge in [-0.3, -0.25) is 14.5 Å². The van der Waals surface area contributed by atoms with Crippen LogP contribution in [-0.4, -0.2) is 77.9 Å². The van der Waals surface area contributed by atoms with Crippen LogP contribution in [0, 0.1) is 0 Å². The van der Waals surface area contributed by atoms with Crippen molar-refractivity contribution in [1.82, 2.24) is 14.9 Å². The average Bonchev–Trinajstić information content (AvgIpc) is 2.95. The van der Waals surface area contributed by atoms with Crippen molar-refractivity contribution in [3.8, 4) is 0 Å². The molecule has 0 aliphatic carbocycles. The summed E-state index contributed by atoms with van der Waals surface area (Å²) in [6.45, 7) is 3.90. The number of β-amino-alcohol motifs (C(OH)–C–C–N with tert-alkyl or cyclic N) is 1. The number of piperazine rings is 1.